The molecule has 0 aromatic heterocycles. The molecule has 0 aliphatic rings. The molecule has 4 nitrogen and oxygen atoms in total. The molecule has 0 bridgehead atoms. The Morgan fingerprint density at radius 2 is 2.33 bits per heavy atom. The largest absolute Gasteiger partial charge is 0.396 e. The van der Waals surface area contributed by atoms with Crippen LogP contribution in [0.15, 0.2) is 12.7 Å². The number of nitrogens with one attached hydrogen (secondary N) is 1. The van der Waals surface area contributed by atoms with Crippen molar-refractivity contribution < 1.29 is 9.90 Å². The first-order valence-electron chi connectivity index (χ1n) is 5.40. The van der Waals surface area contributed by atoms with E-state index in [9.17, 15) is 4.79 Å². The SMILES string of the molecule is C=CCC(N)C(=O)NCC(CC)CCO. The number of hydrogen-bond donors (Lipinski definition) is 3. The summed E-state index contributed by atoms with van der Waals surface area (Å²) in [7, 11) is 0. The maximum atomic E-state index is 11.4. The summed E-state index contributed by atoms with van der Waals surface area (Å²) in [5.41, 5.74) is 5.60. The van der Waals surface area contributed by atoms with E-state index in [1.165, 1.54) is 0 Å². The van der Waals surface area contributed by atoms with E-state index < -0.39 is 6.04 Å². The molecule has 4 N–H and O–H groups in total. The molecule has 0 radical (unpaired) electrons. The Hall–Kier alpha value is -0.870. The molecule has 0 aromatic carbocycles. The van der Waals surface area contributed by atoms with E-state index in [1.54, 1.807) is 6.08 Å². The predicted octanol–water partition coefficient (Wildman–Crippen LogP) is 0.415. The molecule has 0 saturated carbocycles. The summed E-state index contributed by atoms with van der Waals surface area (Å²) >= 11 is 0. The summed E-state index contributed by atoms with van der Waals surface area (Å²) in [4.78, 5) is 11.4. The molecule has 4 heteroatoms. The Bertz CT molecular complexity index is 195. The summed E-state index contributed by atoms with van der Waals surface area (Å²) in [6.45, 7) is 6.31. The number of nitrogens with two attached hydrogens (primary N) is 1. The Balaban J connectivity index is 3.81. The number of carbonyl (C=O) groups is 1. The van der Waals surface area contributed by atoms with Gasteiger partial charge in [0, 0.05) is 13.2 Å². The van der Waals surface area contributed by atoms with Crippen molar-refractivity contribution in [2.45, 2.75) is 32.2 Å². The van der Waals surface area contributed by atoms with E-state index >= 15 is 0 Å². The number of hydrogen-bond acceptors (Lipinski definition) is 3. The maximum absolute atomic E-state index is 11.4. The van der Waals surface area contributed by atoms with Gasteiger partial charge in [-0.25, -0.2) is 0 Å². The minimum absolute atomic E-state index is 0.147. The molecule has 2 unspecified atom stereocenters. The van der Waals surface area contributed by atoms with Gasteiger partial charge in [0.15, 0.2) is 0 Å². The fourth-order valence-corrected chi connectivity index (χ4v) is 1.30. The third kappa shape index (κ3) is 6.25. The molecule has 0 rings (SSSR count). The Labute approximate surface area is 91.5 Å². The molecule has 0 heterocycles. The first kappa shape index (κ1) is 14.1. The molecule has 0 aliphatic heterocycles. The van der Waals surface area contributed by atoms with Crippen molar-refractivity contribution >= 4 is 5.91 Å². The standard InChI is InChI=1S/C11H22N2O2/c1-3-5-10(12)11(15)13-8-9(4-2)6-7-14/h3,9-10,14H,1,4-8,12H2,2H3,(H,13,15). The van der Waals surface area contributed by atoms with Gasteiger partial charge in [-0.1, -0.05) is 19.4 Å². The molecule has 0 aromatic rings. The molecule has 0 aliphatic carbocycles. The van der Waals surface area contributed by atoms with E-state index in [4.69, 9.17) is 10.8 Å². The normalized spacial score (nSPS) is 14.3. The highest BCUT2D eigenvalue weighted by atomic mass is 16.3. The van der Waals surface area contributed by atoms with Gasteiger partial charge in [-0.15, -0.1) is 6.58 Å². The number of aliphatic hydroxyl groups excluding tert-OH is 1. The Morgan fingerprint density at radius 3 is 2.80 bits per heavy atom. The van der Waals surface area contributed by atoms with Crippen molar-refractivity contribution in [1.29, 1.82) is 0 Å². The molecule has 1 amide bonds. The van der Waals surface area contributed by atoms with Crippen LogP contribution in [-0.2, 0) is 4.79 Å². The van der Waals surface area contributed by atoms with E-state index in [-0.39, 0.29) is 12.5 Å². The minimum atomic E-state index is -0.505. The fraction of sp³-hybridized carbons (Fsp3) is 0.727. The highest BCUT2D eigenvalue weighted by Gasteiger charge is 2.13. The van der Waals surface area contributed by atoms with Gasteiger partial charge in [-0.2, -0.15) is 0 Å². The van der Waals surface area contributed by atoms with Crippen LogP contribution < -0.4 is 11.1 Å². The van der Waals surface area contributed by atoms with Crippen molar-refractivity contribution in [2.75, 3.05) is 13.2 Å². The molecular formula is C11H22N2O2. The zero-order valence-electron chi connectivity index (χ0n) is 9.41. The second kappa shape index (κ2) is 8.44. The lowest BCUT2D eigenvalue weighted by molar-refractivity contribution is -0.122. The smallest absolute Gasteiger partial charge is 0.237 e. The Morgan fingerprint density at radius 1 is 1.67 bits per heavy atom. The lowest BCUT2D eigenvalue weighted by Crippen LogP contribution is -2.42. The molecule has 0 spiro atoms. The molecule has 0 saturated heterocycles. The fourth-order valence-electron chi connectivity index (χ4n) is 1.30. The van der Waals surface area contributed by atoms with Crippen molar-refractivity contribution in [3.63, 3.8) is 0 Å². The number of amides is 1. The lowest BCUT2D eigenvalue weighted by atomic mass is 10.0. The van der Waals surface area contributed by atoms with Gasteiger partial charge in [0.05, 0.1) is 6.04 Å². The molecule has 88 valence electrons. The quantitative estimate of drug-likeness (QED) is 0.512. The van der Waals surface area contributed by atoms with Gasteiger partial charge < -0.3 is 16.2 Å². The molecular weight excluding hydrogens is 192 g/mol. The highest BCUT2D eigenvalue weighted by molar-refractivity contribution is 5.81. The molecule has 0 fully saturated rings. The van der Waals surface area contributed by atoms with E-state index in [0.717, 1.165) is 6.42 Å². The van der Waals surface area contributed by atoms with Crippen LogP contribution in [0, 0.1) is 5.92 Å². The second-order valence-corrected chi connectivity index (χ2v) is 3.66. The van der Waals surface area contributed by atoms with Crippen molar-refractivity contribution in [3.05, 3.63) is 12.7 Å². The summed E-state index contributed by atoms with van der Waals surface area (Å²) in [5, 5.41) is 11.6. The summed E-state index contributed by atoms with van der Waals surface area (Å²) in [6, 6.07) is -0.505. The van der Waals surface area contributed by atoms with Crippen LogP contribution >= 0.6 is 0 Å². The number of aliphatic hydroxyl groups is 1. The third-order valence-corrected chi connectivity index (χ3v) is 2.44. The number of carbonyl (C=O) groups excluding carboxylic acids is 1. The van der Waals surface area contributed by atoms with Crippen molar-refractivity contribution in [1.82, 2.24) is 5.32 Å². The zero-order chi connectivity index (χ0) is 11.7. The second-order valence-electron chi connectivity index (χ2n) is 3.66. The van der Waals surface area contributed by atoms with Crippen LogP contribution in [-0.4, -0.2) is 30.2 Å². The monoisotopic (exact) mass is 214 g/mol. The van der Waals surface area contributed by atoms with Gasteiger partial charge in [0.2, 0.25) is 5.91 Å². The van der Waals surface area contributed by atoms with Crippen molar-refractivity contribution in [3.8, 4) is 0 Å². The first-order chi connectivity index (χ1) is 7.15. The van der Waals surface area contributed by atoms with Crippen LogP contribution in [0.4, 0.5) is 0 Å². The number of rotatable bonds is 8. The van der Waals surface area contributed by atoms with Gasteiger partial charge in [-0.05, 0) is 18.8 Å². The summed E-state index contributed by atoms with van der Waals surface area (Å²) < 4.78 is 0. The van der Waals surface area contributed by atoms with E-state index in [2.05, 4.69) is 11.9 Å². The molecule has 2 atom stereocenters. The Kier molecular flexibility index (Phi) is 7.95. The average molecular weight is 214 g/mol. The van der Waals surface area contributed by atoms with Crippen LogP contribution in [0.3, 0.4) is 0 Å². The maximum Gasteiger partial charge on any atom is 0.237 e. The van der Waals surface area contributed by atoms with Gasteiger partial charge >= 0.3 is 0 Å². The third-order valence-electron chi connectivity index (χ3n) is 2.44. The minimum Gasteiger partial charge on any atom is -0.396 e. The summed E-state index contributed by atoms with van der Waals surface area (Å²) in [5.74, 6) is 0.182. The predicted molar refractivity (Wildman–Crippen MR) is 61.3 cm³/mol. The molecule has 15 heavy (non-hydrogen) atoms. The van der Waals surface area contributed by atoms with Crippen LogP contribution in [0.5, 0.6) is 0 Å². The first-order valence-corrected chi connectivity index (χ1v) is 5.40. The average Bonchev–Trinajstić information content (AvgIpc) is 2.24. The zero-order valence-corrected chi connectivity index (χ0v) is 9.41. The summed E-state index contributed by atoms with van der Waals surface area (Å²) in [6.07, 6.45) is 3.78. The highest BCUT2D eigenvalue weighted by Crippen LogP contribution is 2.05. The van der Waals surface area contributed by atoms with E-state index in [0.29, 0.717) is 25.3 Å². The van der Waals surface area contributed by atoms with Crippen LogP contribution in [0.25, 0.3) is 0 Å². The van der Waals surface area contributed by atoms with Gasteiger partial charge in [0.1, 0.15) is 0 Å². The lowest BCUT2D eigenvalue weighted by Gasteiger charge is -2.16. The van der Waals surface area contributed by atoms with E-state index in [1.807, 2.05) is 6.92 Å². The van der Waals surface area contributed by atoms with Crippen LogP contribution in [0.2, 0.25) is 0 Å². The van der Waals surface area contributed by atoms with Gasteiger partial charge in [0.25, 0.3) is 0 Å². The van der Waals surface area contributed by atoms with Gasteiger partial charge in [-0.3, -0.25) is 4.79 Å². The van der Waals surface area contributed by atoms with Crippen molar-refractivity contribution in [2.24, 2.45) is 11.7 Å². The topological polar surface area (TPSA) is 75.4 Å². The van der Waals surface area contributed by atoms with Crippen LogP contribution in [0.1, 0.15) is 26.2 Å².